The van der Waals surface area contributed by atoms with E-state index in [2.05, 4.69) is 15.7 Å². The van der Waals surface area contributed by atoms with Gasteiger partial charge in [0.05, 0.1) is 5.01 Å². The van der Waals surface area contributed by atoms with Crippen molar-refractivity contribution in [1.29, 1.82) is 0 Å². The van der Waals surface area contributed by atoms with E-state index in [0.29, 0.717) is 6.54 Å². The Morgan fingerprint density at radius 2 is 2.59 bits per heavy atom. The predicted octanol–water partition coefficient (Wildman–Crippen LogP) is 1.68. The number of thiazole rings is 1. The van der Waals surface area contributed by atoms with Gasteiger partial charge in [-0.2, -0.15) is 0 Å². The molecule has 4 nitrogen and oxygen atoms in total. The molecule has 1 N–H and O–H groups in total. The number of hydrogen-bond acceptors (Lipinski definition) is 4. The van der Waals surface area contributed by atoms with Gasteiger partial charge in [-0.05, 0) is 26.2 Å². The molecule has 2 heterocycles. The number of carbonyl (C=O) groups excluding carboxylic acids is 1. The lowest BCUT2D eigenvalue weighted by molar-refractivity contribution is -0.130. The van der Waals surface area contributed by atoms with Gasteiger partial charge in [-0.3, -0.25) is 4.79 Å². The van der Waals surface area contributed by atoms with Crippen LogP contribution in [0.1, 0.15) is 30.0 Å². The van der Waals surface area contributed by atoms with Gasteiger partial charge in [-0.25, -0.2) is 4.98 Å². The molecule has 1 aromatic heterocycles. The van der Waals surface area contributed by atoms with Crippen LogP contribution in [-0.2, 0) is 16.0 Å². The largest absolute Gasteiger partial charge is 0.368 e. The molecule has 17 heavy (non-hydrogen) atoms. The zero-order valence-electron chi connectivity index (χ0n) is 10.1. The van der Waals surface area contributed by atoms with Crippen molar-refractivity contribution in [2.45, 2.75) is 38.7 Å². The topological polar surface area (TPSA) is 51.2 Å². The van der Waals surface area contributed by atoms with E-state index in [1.165, 1.54) is 0 Å². The van der Waals surface area contributed by atoms with Crippen LogP contribution >= 0.6 is 11.3 Å². The molecule has 0 bridgehead atoms. The molecule has 5 heteroatoms. The van der Waals surface area contributed by atoms with Crippen molar-refractivity contribution in [2.75, 3.05) is 13.2 Å². The maximum Gasteiger partial charge on any atom is 0.249 e. The minimum Gasteiger partial charge on any atom is -0.368 e. The Balaban J connectivity index is 1.61. The number of amides is 1. The molecular formula is C12H18N2O2S. The first-order valence-electron chi connectivity index (χ1n) is 6.06. The normalized spacial score (nSPS) is 19.5. The first-order chi connectivity index (χ1) is 8.25. The number of rotatable bonds is 5. The Hall–Kier alpha value is -0.940. The molecule has 1 atom stereocenters. The zero-order chi connectivity index (χ0) is 12.1. The molecule has 0 aromatic carbocycles. The van der Waals surface area contributed by atoms with Crippen LogP contribution in [0.15, 0.2) is 5.38 Å². The van der Waals surface area contributed by atoms with Gasteiger partial charge in [0.25, 0.3) is 0 Å². The average Bonchev–Trinajstić information content (AvgIpc) is 2.95. The molecule has 1 aliphatic heterocycles. The van der Waals surface area contributed by atoms with E-state index in [1.54, 1.807) is 11.3 Å². The van der Waals surface area contributed by atoms with Gasteiger partial charge in [0, 0.05) is 30.6 Å². The van der Waals surface area contributed by atoms with E-state index in [9.17, 15) is 4.79 Å². The van der Waals surface area contributed by atoms with E-state index in [-0.39, 0.29) is 12.0 Å². The number of aryl methyl sites for hydroxylation is 2. The Morgan fingerprint density at radius 1 is 1.71 bits per heavy atom. The maximum absolute atomic E-state index is 11.6. The van der Waals surface area contributed by atoms with Crippen molar-refractivity contribution < 1.29 is 9.53 Å². The highest BCUT2D eigenvalue weighted by Crippen LogP contribution is 2.12. The summed E-state index contributed by atoms with van der Waals surface area (Å²) in [6.07, 6.45) is 3.51. The number of aromatic nitrogens is 1. The fraction of sp³-hybridized carbons (Fsp3) is 0.667. The Bertz CT molecular complexity index is 372. The average molecular weight is 254 g/mol. The maximum atomic E-state index is 11.6. The van der Waals surface area contributed by atoms with Gasteiger partial charge in [0.2, 0.25) is 5.91 Å². The molecule has 0 radical (unpaired) electrons. The van der Waals surface area contributed by atoms with Gasteiger partial charge in [0.1, 0.15) is 6.10 Å². The summed E-state index contributed by atoms with van der Waals surface area (Å²) in [6.45, 7) is 3.42. The van der Waals surface area contributed by atoms with E-state index >= 15 is 0 Å². The zero-order valence-corrected chi connectivity index (χ0v) is 10.9. The fourth-order valence-electron chi connectivity index (χ4n) is 1.87. The second-order valence-electron chi connectivity index (χ2n) is 4.28. The molecule has 1 unspecified atom stereocenters. The van der Waals surface area contributed by atoms with Crippen molar-refractivity contribution >= 4 is 17.2 Å². The summed E-state index contributed by atoms with van der Waals surface area (Å²) in [5, 5.41) is 6.12. The van der Waals surface area contributed by atoms with Gasteiger partial charge in [-0.15, -0.1) is 11.3 Å². The molecule has 0 saturated carbocycles. The van der Waals surface area contributed by atoms with Crippen molar-refractivity contribution in [3.8, 4) is 0 Å². The summed E-state index contributed by atoms with van der Waals surface area (Å²) in [5.41, 5.74) is 1.08. The summed E-state index contributed by atoms with van der Waals surface area (Å²) in [5.74, 6) is 0.0396. The van der Waals surface area contributed by atoms with Crippen LogP contribution in [0.5, 0.6) is 0 Å². The second-order valence-corrected chi connectivity index (χ2v) is 5.22. The van der Waals surface area contributed by atoms with E-state index in [1.807, 2.05) is 6.92 Å². The van der Waals surface area contributed by atoms with E-state index < -0.39 is 0 Å². The third kappa shape index (κ3) is 3.78. The van der Waals surface area contributed by atoms with Gasteiger partial charge < -0.3 is 10.1 Å². The van der Waals surface area contributed by atoms with E-state index in [4.69, 9.17) is 4.74 Å². The Labute approximate surface area is 105 Å². The van der Waals surface area contributed by atoms with Gasteiger partial charge >= 0.3 is 0 Å². The Kier molecular flexibility index (Phi) is 4.50. The van der Waals surface area contributed by atoms with Crippen molar-refractivity contribution in [3.05, 3.63) is 16.1 Å². The van der Waals surface area contributed by atoms with Crippen molar-refractivity contribution in [2.24, 2.45) is 0 Å². The lowest BCUT2D eigenvalue weighted by Crippen LogP contribution is -2.34. The quantitative estimate of drug-likeness (QED) is 0.813. The molecule has 1 aromatic rings. The van der Waals surface area contributed by atoms with Crippen LogP contribution in [0.25, 0.3) is 0 Å². The predicted molar refractivity (Wildman–Crippen MR) is 67.2 cm³/mol. The summed E-state index contributed by atoms with van der Waals surface area (Å²) < 4.78 is 5.31. The molecule has 1 saturated heterocycles. The molecule has 1 amide bonds. The SMILES string of the molecule is Cc1csc(CCCNC(=O)C2CCCO2)n1. The van der Waals surface area contributed by atoms with Crippen molar-refractivity contribution in [1.82, 2.24) is 10.3 Å². The number of nitrogens with one attached hydrogen (secondary N) is 1. The smallest absolute Gasteiger partial charge is 0.249 e. The van der Waals surface area contributed by atoms with Crippen LogP contribution < -0.4 is 5.32 Å². The molecule has 1 aliphatic rings. The standard InChI is InChI=1S/C12H18N2O2S/c1-9-8-17-11(14-9)5-2-6-13-12(15)10-4-3-7-16-10/h8,10H,2-7H2,1H3,(H,13,15). The summed E-state index contributed by atoms with van der Waals surface area (Å²) >= 11 is 1.69. The Morgan fingerprint density at radius 3 is 3.24 bits per heavy atom. The van der Waals surface area contributed by atoms with Crippen LogP contribution in [0.2, 0.25) is 0 Å². The second kappa shape index (κ2) is 6.12. The van der Waals surface area contributed by atoms with Crippen molar-refractivity contribution in [3.63, 3.8) is 0 Å². The summed E-state index contributed by atoms with van der Waals surface area (Å²) in [4.78, 5) is 16.0. The minimum atomic E-state index is -0.211. The van der Waals surface area contributed by atoms with Gasteiger partial charge in [-0.1, -0.05) is 0 Å². The third-order valence-electron chi connectivity index (χ3n) is 2.76. The molecule has 94 valence electrons. The summed E-state index contributed by atoms with van der Waals surface area (Å²) in [7, 11) is 0. The highest BCUT2D eigenvalue weighted by atomic mass is 32.1. The molecule has 2 rings (SSSR count). The fourth-order valence-corrected chi connectivity index (χ4v) is 2.69. The molecule has 1 fully saturated rings. The van der Waals surface area contributed by atoms with Crippen LogP contribution in [0, 0.1) is 6.92 Å². The number of hydrogen-bond donors (Lipinski definition) is 1. The highest BCUT2D eigenvalue weighted by Gasteiger charge is 2.22. The first-order valence-corrected chi connectivity index (χ1v) is 6.94. The minimum absolute atomic E-state index is 0.0396. The lowest BCUT2D eigenvalue weighted by Gasteiger charge is -2.09. The molecular weight excluding hydrogens is 236 g/mol. The molecule has 0 aliphatic carbocycles. The van der Waals surface area contributed by atoms with Crippen LogP contribution in [0.3, 0.4) is 0 Å². The molecule has 0 spiro atoms. The number of ether oxygens (including phenoxy) is 1. The number of carbonyl (C=O) groups is 1. The highest BCUT2D eigenvalue weighted by molar-refractivity contribution is 7.09. The monoisotopic (exact) mass is 254 g/mol. The van der Waals surface area contributed by atoms with Crippen LogP contribution in [0.4, 0.5) is 0 Å². The first kappa shape index (κ1) is 12.5. The summed E-state index contributed by atoms with van der Waals surface area (Å²) in [6, 6.07) is 0. The third-order valence-corrected chi connectivity index (χ3v) is 3.78. The van der Waals surface area contributed by atoms with Crippen LogP contribution in [-0.4, -0.2) is 30.1 Å². The van der Waals surface area contributed by atoms with E-state index in [0.717, 1.165) is 43.0 Å². The van der Waals surface area contributed by atoms with Gasteiger partial charge in [0.15, 0.2) is 0 Å². The number of nitrogens with zero attached hydrogens (tertiary/aromatic N) is 1. The lowest BCUT2D eigenvalue weighted by atomic mass is 10.2.